The summed E-state index contributed by atoms with van der Waals surface area (Å²) in [5, 5.41) is 16.5. The minimum Gasteiger partial charge on any atom is -0.389 e. The van der Waals surface area contributed by atoms with Gasteiger partial charge in [0.25, 0.3) is 5.91 Å². The molecule has 5 nitrogen and oxygen atoms in total. The van der Waals surface area contributed by atoms with Crippen molar-refractivity contribution in [3.05, 3.63) is 46.2 Å². The van der Waals surface area contributed by atoms with E-state index in [0.717, 1.165) is 15.7 Å². The lowest BCUT2D eigenvalue weighted by atomic mass is 10.1. The number of carbonyl (C=O) groups is 1. The number of halogens is 1. The van der Waals surface area contributed by atoms with Gasteiger partial charge >= 0.3 is 0 Å². The minimum atomic E-state index is -0.615. The molecule has 0 bridgehead atoms. The van der Waals surface area contributed by atoms with Crippen LogP contribution in [0.4, 0.5) is 0 Å². The lowest BCUT2D eigenvalue weighted by Crippen LogP contribution is -2.18. The van der Waals surface area contributed by atoms with Crippen LogP contribution in [0.2, 0.25) is 0 Å². The summed E-state index contributed by atoms with van der Waals surface area (Å²) < 4.78 is 2.46. The fraction of sp³-hybridized carbons (Fsp3) is 0.231. The molecule has 0 radical (unpaired) electrons. The van der Waals surface area contributed by atoms with Crippen LogP contribution >= 0.6 is 15.9 Å². The second-order valence-corrected chi connectivity index (χ2v) is 5.02. The van der Waals surface area contributed by atoms with E-state index in [0.29, 0.717) is 5.69 Å². The molecule has 0 saturated carbocycles. The summed E-state index contributed by atoms with van der Waals surface area (Å²) in [7, 11) is 1.56. The zero-order valence-electron chi connectivity index (χ0n) is 10.6. The second kappa shape index (κ2) is 5.54. The van der Waals surface area contributed by atoms with E-state index in [2.05, 4.69) is 26.3 Å². The summed E-state index contributed by atoms with van der Waals surface area (Å²) in [6.07, 6.45) is 1.08. The van der Waals surface area contributed by atoms with E-state index in [1.54, 1.807) is 30.9 Å². The van der Waals surface area contributed by atoms with Crippen molar-refractivity contribution < 1.29 is 9.90 Å². The summed E-state index contributed by atoms with van der Waals surface area (Å²) >= 11 is 3.39. The summed E-state index contributed by atoms with van der Waals surface area (Å²) in [5.74, 6) is -0.243. The van der Waals surface area contributed by atoms with Crippen LogP contribution in [0.25, 0.3) is 5.69 Å². The van der Waals surface area contributed by atoms with Crippen LogP contribution in [0.15, 0.2) is 34.9 Å². The Labute approximate surface area is 119 Å². The Morgan fingerprint density at radius 3 is 2.84 bits per heavy atom. The Hall–Kier alpha value is -1.66. The van der Waals surface area contributed by atoms with Crippen molar-refractivity contribution in [1.82, 2.24) is 15.1 Å². The van der Waals surface area contributed by atoms with Gasteiger partial charge in [0.15, 0.2) is 5.69 Å². The quantitative estimate of drug-likeness (QED) is 0.908. The first kappa shape index (κ1) is 13.8. The van der Waals surface area contributed by atoms with Crippen LogP contribution in [0.1, 0.15) is 29.1 Å². The number of carbonyl (C=O) groups excluding carboxylic acids is 1. The minimum absolute atomic E-state index is 0.243. The standard InChI is InChI=1S/C13H14BrN3O2/c1-8(18)10-4-3-9(14)7-12(10)17-6-5-11(16-17)13(19)15-2/h3-8,18H,1-2H3,(H,15,19). The van der Waals surface area contributed by atoms with E-state index in [9.17, 15) is 9.90 Å². The number of amides is 1. The van der Waals surface area contributed by atoms with Gasteiger partial charge in [0.1, 0.15) is 0 Å². The highest BCUT2D eigenvalue weighted by atomic mass is 79.9. The van der Waals surface area contributed by atoms with Crippen LogP contribution in [-0.4, -0.2) is 27.8 Å². The Bertz CT molecular complexity index is 608. The molecular formula is C13H14BrN3O2. The SMILES string of the molecule is CNC(=O)c1ccn(-c2cc(Br)ccc2C(C)O)n1. The van der Waals surface area contributed by atoms with E-state index in [-0.39, 0.29) is 5.91 Å². The summed E-state index contributed by atoms with van der Waals surface area (Å²) in [4.78, 5) is 11.5. The molecule has 1 aromatic carbocycles. The van der Waals surface area contributed by atoms with Crippen molar-refractivity contribution in [3.63, 3.8) is 0 Å². The molecule has 0 aliphatic rings. The van der Waals surface area contributed by atoms with E-state index < -0.39 is 6.10 Å². The van der Waals surface area contributed by atoms with E-state index >= 15 is 0 Å². The van der Waals surface area contributed by atoms with Gasteiger partial charge in [0.05, 0.1) is 11.8 Å². The molecule has 2 aromatic rings. The van der Waals surface area contributed by atoms with Crippen molar-refractivity contribution in [2.45, 2.75) is 13.0 Å². The summed E-state index contributed by atoms with van der Waals surface area (Å²) in [6, 6.07) is 7.16. The first-order chi connectivity index (χ1) is 9.02. The fourth-order valence-electron chi connectivity index (χ4n) is 1.78. The van der Waals surface area contributed by atoms with Crippen LogP contribution < -0.4 is 5.32 Å². The van der Waals surface area contributed by atoms with Gasteiger partial charge < -0.3 is 10.4 Å². The maximum Gasteiger partial charge on any atom is 0.271 e. The van der Waals surface area contributed by atoms with Crippen molar-refractivity contribution in [2.24, 2.45) is 0 Å². The molecule has 0 saturated heterocycles. The number of hydrogen-bond donors (Lipinski definition) is 2. The van der Waals surface area contributed by atoms with Gasteiger partial charge in [-0.1, -0.05) is 22.0 Å². The van der Waals surface area contributed by atoms with Gasteiger partial charge in [-0.2, -0.15) is 5.10 Å². The van der Waals surface area contributed by atoms with Gasteiger partial charge in [0.2, 0.25) is 0 Å². The number of aromatic nitrogens is 2. The van der Waals surface area contributed by atoms with Crippen LogP contribution in [0.3, 0.4) is 0 Å². The van der Waals surface area contributed by atoms with Crippen molar-refractivity contribution >= 4 is 21.8 Å². The third kappa shape index (κ3) is 2.85. The number of aliphatic hydroxyl groups excluding tert-OH is 1. The van der Waals surface area contributed by atoms with Gasteiger partial charge in [-0.3, -0.25) is 4.79 Å². The first-order valence-electron chi connectivity index (χ1n) is 5.78. The van der Waals surface area contributed by atoms with Crippen molar-refractivity contribution in [2.75, 3.05) is 7.05 Å². The zero-order chi connectivity index (χ0) is 14.0. The van der Waals surface area contributed by atoms with E-state index in [1.807, 2.05) is 18.2 Å². The Kier molecular flexibility index (Phi) is 4.01. The number of rotatable bonds is 3. The smallest absolute Gasteiger partial charge is 0.271 e. The highest BCUT2D eigenvalue weighted by Crippen LogP contribution is 2.25. The maximum absolute atomic E-state index is 11.5. The molecule has 2 N–H and O–H groups in total. The molecule has 0 aliphatic carbocycles. The van der Waals surface area contributed by atoms with Gasteiger partial charge in [-0.25, -0.2) is 4.68 Å². The molecule has 100 valence electrons. The molecule has 1 unspecified atom stereocenters. The van der Waals surface area contributed by atoms with Crippen molar-refractivity contribution in [1.29, 1.82) is 0 Å². The predicted octanol–water partition coefficient (Wildman–Crippen LogP) is 2.05. The number of benzene rings is 1. The molecule has 19 heavy (non-hydrogen) atoms. The molecule has 2 rings (SSSR count). The molecule has 0 spiro atoms. The zero-order valence-corrected chi connectivity index (χ0v) is 12.2. The number of nitrogens with one attached hydrogen (secondary N) is 1. The van der Waals surface area contributed by atoms with Crippen LogP contribution in [0.5, 0.6) is 0 Å². The molecule has 0 fully saturated rings. The van der Waals surface area contributed by atoms with Crippen LogP contribution in [-0.2, 0) is 0 Å². The highest BCUT2D eigenvalue weighted by Gasteiger charge is 2.13. The lowest BCUT2D eigenvalue weighted by molar-refractivity contribution is 0.0957. The van der Waals surface area contributed by atoms with Gasteiger partial charge in [0, 0.05) is 23.3 Å². The average Bonchev–Trinajstić information content (AvgIpc) is 2.86. The topological polar surface area (TPSA) is 67.2 Å². The number of nitrogens with zero attached hydrogens (tertiary/aromatic N) is 2. The largest absolute Gasteiger partial charge is 0.389 e. The lowest BCUT2D eigenvalue weighted by Gasteiger charge is -2.12. The molecular weight excluding hydrogens is 310 g/mol. The molecule has 1 atom stereocenters. The monoisotopic (exact) mass is 323 g/mol. The molecule has 1 heterocycles. The highest BCUT2D eigenvalue weighted by molar-refractivity contribution is 9.10. The van der Waals surface area contributed by atoms with Gasteiger partial charge in [-0.05, 0) is 25.1 Å². The third-order valence-corrected chi connectivity index (χ3v) is 3.23. The molecule has 6 heteroatoms. The van der Waals surface area contributed by atoms with Crippen LogP contribution in [0, 0.1) is 0 Å². The Morgan fingerprint density at radius 2 is 2.21 bits per heavy atom. The Morgan fingerprint density at radius 1 is 1.47 bits per heavy atom. The Balaban J connectivity index is 2.49. The van der Waals surface area contributed by atoms with E-state index in [1.165, 1.54) is 0 Å². The normalized spacial score (nSPS) is 12.2. The first-order valence-corrected chi connectivity index (χ1v) is 6.58. The summed E-state index contributed by atoms with van der Waals surface area (Å²) in [5.41, 5.74) is 1.81. The molecule has 1 aromatic heterocycles. The fourth-order valence-corrected chi connectivity index (χ4v) is 2.12. The van der Waals surface area contributed by atoms with E-state index in [4.69, 9.17) is 0 Å². The average molecular weight is 324 g/mol. The second-order valence-electron chi connectivity index (χ2n) is 4.10. The predicted molar refractivity (Wildman–Crippen MR) is 75.3 cm³/mol. The molecule has 1 amide bonds. The van der Waals surface area contributed by atoms with Gasteiger partial charge in [-0.15, -0.1) is 0 Å². The summed E-state index contributed by atoms with van der Waals surface area (Å²) in [6.45, 7) is 1.69. The maximum atomic E-state index is 11.5. The number of hydrogen-bond acceptors (Lipinski definition) is 3. The molecule has 0 aliphatic heterocycles. The third-order valence-electron chi connectivity index (χ3n) is 2.74. The van der Waals surface area contributed by atoms with Crippen molar-refractivity contribution in [3.8, 4) is 5.69 Å². The number of aliphatic hydroxyl groups is 1.